The summed E-state index contributed by atoms with van der Waals surface area (Å²) in [7, 11) is 1.21. The highest BCUT2D eigenvalue weighted by molar-refractivity contribution is 7.20. The summed E-state index contributed by atoms with van der Waals surface area (Å²) in [6.07, 6.45) is -0.338. The van der Waals surface area contributed by atoms with Gasteiger partial charge in [-0.05, 0) is 6.92 Å². The van der Waals surface area contributed by atoms with Crippen LogP contribution in [0.15, 0.2) is 4.79 Å². The molecular weight excluding hydrogens is 360 g/mol. The predicted molar refractivity (Wildman–Crippen MR) is 95.4 cm³/mol. The highest BCUT2D eigenvalue weighted by atomic mass is 32.1. The average molecular weight is 380 g/mol. The van der Waals surface area contributed by atoms with Crippen LogP contribution in [0.4, 0.5) is 0 Å². The minimum atomic E-state index is -0.715. The average Bonchev–Trinajstić information content (AvgIpc) is 2.89. The van der Waals surface area contributed by atoms with E-state index in [1.165, 1.54) is 7.11 Å². The third-order valence-electron chi connectivity index (χ3n) is 3.67. The molecule has 0 spiro atoms. The van der Waals surface area contributed by atoms with E-state index in [0.29, 0.717) is 10.7 Å². The Kier molecular flexibility index (Phi) is 5.60. The fraction of sp³-hybridized carbons (Fsp3) is 0.471. The molecular formula is C17H20N2O6S. The van der Waals surface area contributed by atoms with E-state index in [2.05, 4.69) is 9.97 Å². The molecule has 140 valence electrons. The van der Waals surface area contributed by atoms with E-state index >= 15 is 0 Å². The maximum Gasteiger partial charge on any atom is 0.348 e. The normalized spacial score (nSPS) is 11.4. The van der Waals surface area contributed by atoms with Crippen LogP contribution in [0.3, 0.4) is 0 Å². The van der Waals surface area contributed by atoms with Crippen LogP contribution in [0.5, 0.6) is 0 Å². The molecule has 0 atom stereocenters. The van der Waals surface area contributed by atoms with Crippen molar-refractivity contribution in [2.75, 3.05) is 13.7 Å². The Balaban J connectivity index is 2.35. The number of Topliss-reactive ketones (excluding diaryl/α,β-unsaturated/α-hetero) is 1. The lowest BCUT2D eigenvalue weighted by atomic mass is 9.91. The first kappa shape index (κ1) is 19.8. The van der Waals surface area contributed by atoms with Crippen molar-refractivity contribution < 1.29 is 23.9 Å². The number of ketones is 1. The number of rotatable bonds is 5. The summed E-state index contributed by atoms with van der Waals surface area (Å²) in [6.45, 7) is 6.41. The Morgan fingerprint density at radius 2 is 1.88 bits per heavy atom. The number of fused-ring (bicyclic) bond motifs is 1. The summed E-state index contributed by atoms with van der Waals surface area (Å²) in [6, 6.07) is 0. The monoisotopic (exact) mass is 380 g/mol. The molecule has 0 aliphatic rings. The van der Waals surface area contributed by atoms with Crippen molar-refractivity contribution in [3.8, 4) is 0 Å². The summed E-state index contributed by atoms with van der Waals surface area (Å²) in [4.78, 5) is 55.5. The van der Waals surface area contributed by atoms with Crippen molar-refractivity contribution >= 4 is 39.3 Å². The summed E-state index contributed by atoms with van der Waals surface area (Å²) in [5.41, 5.74) is -0.892. The minimum Gasteiger partial charge on any atom is -0.465 e. The van der Waals surface area contributed by atoms with Gasteiger partial charge in [0.05, 0.1) is 18.9 Å². The number of aromatic nitrogens is 2. The zero-order chi connectivity index (χ0) is 19.6. The van der Waals surface area contributed by atoms with E-state index < -0.39 is 22.9 Å². The molecule has 0 saturated carbocycles. The first-order valence-corrected chi connectivity index (χ1v) is 8.65. The number of nitrogens with one attached hydrogen (secondary N) is 1. The van der Waals surface area contributed by atoms with Gasteiger partial charge in [-0.2, -0.15) is 0 Å². The van der Waals surface area contributed by atoms with Crippen LogP contribution in [0.1, 0.15) is 41.8 Å². The summed E-state index contributed by atoms with van der Waals surface area (Å²) < 4.78 is 9.74. The number of hydrogen-bond donors (Lipinski definition) is 1. The Morgan fingerprint density at radius 1 is 1.23 bits per heavy atom. The van der Waals surface area contributed by atoms with Crippen LogP contribution in [-0.4, -0.2) is 41.4 Å². The number of esters is 2. The standard InChI is InChI=1S/C17H20N2O6S/c1-8-18-14(22)12-9(13(16(23)24-5)26-15(12)19-8)6-11(21)25-7-10(20)17(2,3)4/h6-7H2,1-5H3,(H,18,19,22). The molecule has 2 heterocycles. The molecule has 0 aromatic carbocycles. The van der Waals surface area contributed by atoms with Crippen LogP contribution in [0, 0.1) is 12.3 Å². The van der Waals surface area contributed by atoms with Crippen LogP contribution >= 0.6 is 11.3 Å². The van der Waals surface area contributed by atoms with Crippen LogP contribution in [-0.2, 0) is 25.5 Å². The van der Waals surface area contributed by atoms with Crippen molar-refractivity contribution in [2.24, 2.45) is 5.41 Å². The van der Waals surface area contributed by atoms with Gasteiger partial charge in [-0.15, -0.1) is 11.3 Å². The molecule has 9 heteroatoms. The second-order valence-corrected chi connectivity index (χ2v) is 7.74. The van der Waals surface area contributed by atoms with Crippen LogP contribution in [0.2, 0.25) is 0 Å². The van der Waals surface area contributed by atoms with Gasteiger partial charge in [-0.25, -0.2) is 9.78 Å². The Labute approximate surface area is 153 Å². The largest absolute Gasteiger partial charge is 0.465 e. The summed E-state index contributed by atoms with van der Waals surface area (Å²) in [5.74, 6) is -1.22. The molecule has 2 rings (SSSR count). The Hall–Kier alpha value is -2.55. The summed E-state index contributed by atoms with van der Waals surface area (Å²) in [5, 5.41) is 0.153. The molecule has 1 N–H and O–H groups in total. The topological polar surface area (TPSA) is 115 Å². The fourth-order valence-electron chi connectivity index (χ4n) is 2.16. The van der Waals surface area contributed by atoms with Crippen molar-refractivity contribution in [2.45, 2.75) is 34.1 Å². The molecule has 0 saturated heterocycles. The second kappa shape index (κ2) is 7.36. The molecule has 0 bridgehead atoms. The molecule has 0 fully saturated rings. The minimum absolute atomic E-state index is 0.116. The third kappa shape index (κ3) is 4.16. The first-order chi connectivity index (χ1) is 12.0. The highest BCUT2D eigenvalue weighted by Crippen LogP contribution is 2.29. The van der Waals surface area contributed by atoms with Gasteiger partial charge in [0.2, 0.25) is 0 Å². The number of carbonyl (C=O) groups excluding carboxylic acids is 3. The van der Waals surface area contributed by atoms with Gasteiger partial charge in [0.15, 0.2) is 12.4 Å². The Bertz CT molecular complexity index is 935. The lowest BCUT2D eigenvalue weighted by Crippen LogP contribution is -2.27. The highest BCUT2D eigenvalue weighted by Gasteiger charge is 2.26. The van der Waals surface area contributed by atoms with Crippen molar-refractivity contribution in [3.05, 3.63) is 26.6 Å². The van der Waals surface area contributed by atoms with Gasteiger partial charge in [0, 0.05) is 11.0 Å². The first-order valence-electron chi connectivity index (χ1n) is 7.84. The lowest BCUT2D eigenvalue weighted by Gasteiger charge is -2.16. The SMILES string of the molecule is COC(=O)c1sc2nc(C)[nH]c(=O)c2c1CC(=O)OCC(=O)C(C)(C)C. The predicted octanol–water partition coefficient (Wildman–Crippen LogP) is 1.78. The van der Waals surface area contributed by atoms with E-state index in [1.807, 2.05) is 0 Å². The number of methoxy groups -OCH3 is 1. The lowest BCUT2D eigenvalue weighted by molar-refractivity contribution is -0.149. The number of aromatic amines is 1. The molecule has 0 aliphatic heterocycles. The maximum absolute atomic E-state index is 12.3. The van der Waals surface area contributed by atoms with Gasteiger partial charge in [-0.3, -0.25) is 14.4 Å². The van der Waals surface area contributed by atoms with Crippen molar-refractivity contribution in [1.82, 2.24) is 9.97 Å². The number of H-pyrrole nitrogens is 1. The second-order valence-electron chi connectivity index (χ2n) is 6.74. The quantitative estimate of drug-likeness (QED) is 0.786. The van der Waals surface area contributed by atoms with E-state index in [0.717, 1.165) is 11.3 Å². The number of carbonyl (C=O) groups is 3. The van der Waals surface area contributed by atoms with Crippen molar-refractivity contribution in [3.63, 3.8) is 0 Å². The maximum atomic E-state index is 12.3. The number of hydrogen-bond acceptors (Lipinski definition) is 8. The molecule has 0 aliphatic carbocycles. The molecule has 2 aromatic rings. The number of ether oxygens (including phenoxy) is 2. The number of thiophene rings is 1. The molecule has 0 radical (unpaired) electrons. The number of aryl methyl sites for hydroxylation is 1. The zero-order valence-corrected chi connectivity index (χ0v) is 16.0. The molecule has 2 aromatic heterocycles. The third-order valence-corrected chi connectivity index (χ3v) is 4.78. The van der Waals surface area contributed by atoms with Crippen molar-refractivity contribution in [1.29, 1.82) is 0 Å². The van der Waals surface area contributed by atoms with Crippen LogP contribution in [0.25, 0.3) is 10.2 Å². The van der Waals surface area contributed by atoms with Gasteiger partial charge >= 0.3 is 11.9 Å². The zero-order valence-electron chi connectivity index (χ0n) is 15.2. The van der Waals surface area contributed by atoms with E-state index in [1.54, 1.807) is 27.7 Å². The molecule has 8 nitrogen and oxygen atoms in total. The van der Waals surface area contributed by atoms with E-state index in [4.69, 9.17) is 9.47 Å². The van der Waals surface area contributed by atoms with Crippen LogP contribution < -0.4 is 5.56 Å². The van der Waals surface area contributed by atoms with E-state index in [9.17, 15) is 19.2 Å². The molecule has 26 heavy (non-hydrogen) atoms. The van der Waals surface area contributed by atoms with Gasteiger partial charge in [0.1, 0.15) is 15.5 Å². The Morgan fingerprint density at radius 3 is 2.46 bits per heavy atom. The molecule has 0 unspecified atom stereocenters. The summed E-state index contributed by atoms with van der Waals surface area (Å²) >= 11 is 0.975. The van der Waals surface area contributed by atoms with E-state index in [-0.39, 0.29) is 34.6 Å². The fourth-order valence-corrected chi connectivity index (χ4v) is 3.31. The number of nitrogens with zero attached hydrogens (tertiary/aromatic N) is 1. The van der Waals surface area contributed by atoms with Gasteiger partial charge in [-0.1, -0.05) is 20.8 Å². The van der Waals surface area contributed by atoms with Gasteiger partial charge < -0.3 is 14.5 Å². The van der Waals surface area contributed by atoms with Gasteiger partial charge in [0.25, 0.3) is 5.56 Å². The smallest absolute Gasteiger partial charge is 0.348 e. The molecule has 0 amide bonds.